The second-order valence-corrected chi connectivity index (χ2v) is 21.0. The lowest BCUT2D eigenvalue weighted by molar-refractivity contribution is -0.361. The largest absolute Gasteiger partial charge is 0.394 e. The Morgan fingerprint density at radius 2 is 0.584 bits per heavy atom. The van der Waals surface area contributed by atoms with Crippen molar-refractivity contribution in [3.63, 3.8) is 0 Å². The predicted octanol–water partition coefficient (Wildman–Crippen LogP) is -12.1. The Kier molecular flexibility index (Phi) is 23.9. The molecule has 32 nitrogen and oxygen atoms in total. The maximum absolute atomic E-state index is 11.3. The summed E-state index contributed by atoms with van der Waals surface area (Å²) in [6.45, 7) is -4.60. The van der Waals surface area contributed by atoms with Gasteiger partial charge in [-0.2, -0.15) is 0 Å². The van der Waals surface area contributed by atoms with Gasteiger partial charge in [-0.3, -0.25) is 0 Å². The highest BCUT2D eigenvalue weighted by Gasteiger charge is 2.58. The second-order valence-electron chi connectivity index (χ2n) is 21.0. The Morgan fingerprint density at radius 1 is 0.325 bits per heavy atom. The fourth-order valence-corrected chi connectivity index (χ4v) is 10.8. The Hall–Kier alpha value is -1.28. The summed E-state index contributed by atoms with van der Waals surface area (Å²) >= 11 is 0. The van der Waals surface area contributed by atoms with Crippen LogP contribution in [0.25, 0.3) is 0 Å². The van der Waals surface area contributed by atoms with Crippen LogP contribution in [0.3, 0.4) is 0 Å². The molecule has 30 atom stereocenters. The number of aliphatic hydroxyl groups is 16. The molecule has 0 aromatic heterocycles. The summed E-state index contributed by atoms with van der Waals surface area (Å²) in [6.07, 6.45) is -30.2. The smallest absolute Gasteiger partial charge is 0.176 e. The molecule has 0 bridgehead atoms. The minimum Gasteiger partial charge on any atom is -0.394 e. The lowest BCUT2D eigenvalue weighted by Gasteiger charge is -2.51. The molecule has 77 heavy (non-hydrogen) atoms. The first-order valence-electron chi connectivity index (χ1n) is 26.1. The van der Waals surface area contributed by atoms with Crippen LogP contribution in [0.5, 0.6) is 0 Å². The summed E-state index contributed by atoms with van der Waals surface area (Å²) in [5.41, 5.74) is 33.0. The Morgan fingerprint density at radius 3 is 0.883 bits per heavy atom. The number of hydrogen-bond acceptors (Lipinski definition) is 32. The van der Waals surface area contributed by atoms with E-state index < -0.39 is 222 Å². The predicted molar refractivity (Wildman–Crippen MR) is 254 cm³/mol. The lowest BCUT2D eigenvalue weighted by atomic mass is 9.82. The van der Waals surface area contributed by atoms with Gasteiger partial charge in [0, 0.05) is 0 Å². The fraction of sp³-hybridized carbons (Fsp3) is 1.00. The zero-order valence-electron chi connectivity index (χ0n) is 42.5. The van der Waals surface area contributed by atoms with Crippen molar-refractivity contribution in [2.75, 3.05) is 39.6 Å². The zero-order valence-corrected chi connectivity index (χ0v) is 42.5. The molecular formula is C45H86N6O26. The molecule has 0 saturated carbocycles. The van der Waals surface area contributed by atoms with E-state index in [9.17, 15) is 81.7 Å². The van der Waals surface area contributed by atoms with Crippen LogP contribution in [0.1, 0.15) is 57.8 Å². The highest BCUT2D eigenvalue weighted by Crippen LogP contribution is 2.39. The summed E-state index contributed by atoms with van der Waals surface area (Å²) in [4.78, 5) is 0. The molecule has 6 fully saturated rings. The van der Waals surface area contributed by atoms with Crippen LogP contribution in [-0.4, -0.2) is 304 Å². The van der Waals surface area contributed by atoms with Crippen molar-refractivity contribution in [1.82, 2.24) is 0 Å². The average Bonchev–Trinajstić information content (AvgIpc) is 3.45. The molecule has 0 aromatic carbocycles. The average molecular weight is 1130 g/mol. The minimum absolute atomic E-state index is 0.00283. The van der Waals surface area contributed by atoms with Crippen molar-refractivity contribution in [2.24, 2.45) is 34.4 Å². The minimum atomic E-state index is -1.80. The quantitative estimate of drug-likeness (QED) is 0.0399. The molecule has 452 valence electrons. The van der Waals surface area contributed by atoms with E-state index in [-0.39, 0.29) is 12.8 Å². The van der Waals surface area contributed by atoms with Crippen LogP contribution >= 0.6 is 0 Å². The molecule has 0 aromatic rings. The summed E-state index contributed by atoms with van der Waals surface area (Å²) in [6, 6.07) is -8.47. The van der Waals surface area contributed by atoms with E-state index in [2.05, 4.69) is 0 Å². The summed E-state index contributed by atoms with van der Waals surface area (Å²) in [5, 5.41) is 170. The van der Waals surface area contributed by atoms with Crippen molar-refractivity contribution in [2.45, 2.75) is 241 Å². The molecule has 6 heterocycles. The molecule has 0 radical (unpaired) electrons. The lowest BCUT2D eigenvalue weighted by Crippen LogP contribution is -2.71. The van der Waals surface area contributed by atoms with E-state index in [4.69, 9.17) is 81.8 Å². The molecule has 0 aliphatic carbocycles. The molecule has 32 heteroatoms. The highest BCUT2D eigenvalue weighted by molar-refractivity contribution is 5.05. The van der Waals surface area contributed by atoms with Crippen molar-refractivity contribution in [3.05, 3.63) is 0 Å². The van der Waals surface area contributed by atoms with Crippen LogP contribution in [0, 0.1) is 0 Å². The second kappa shape index (κ2) is 28.3. The fourth-order valence-electron chi connectivity index (χ4n) is 10.8. The summed E-state index contributed by atoms with van der Waals surface area (Å²) in [5.74, 6) is 0. The molecule has 6 aliphatic heterocycles. The number of unbranched alkanes of at least 4 members (excludes halogenated alkanes) is 6. The maximum atomic E-state index is 11.3. The molecule has 6 rings (SSSR count). The molecule has 6 saturated heterocycles. The normalized spacial score (nSPS) is 49.9. The van der Waals surface area contributed by atoms with Gasteiger partial charge in [0.25, 0.3) is 0 Å². The highest BCUT2D eigenvalue weighted by atomic mass is 16.8. The van der Waals surface area contributed by atoms with Gasteiger partial charge < -0.3 is 163 Å². The molecule has 28 N–H and O–H groups in total. The molecular weight excluding hydrogens is 1040 g/mol. The monoisotopic (exact) mass is 1130 g/mol. The van der Waals surface area contributed by atoms with Crippen LogP contribution in [-0.2, 0) is 47.4 Å². The van der Waals surface area contributed by atoms with Gasteiger partial charge in [-0.05, 0) is 12.8 Å². The third kappa shape index (κ3) is 13.9. The molecule has 0 amide bonds. The van der Waals surface area contributed by atoms with Gasteiger partial charge in [-0.25, -0.2) is 0 Å². The topological polar surface area (TPSA) is 572 Å². The molecule has 0 spiro atoms. The Bertz CT molecular complexity index is 1640. The van der Waals surface area contributed by atoms with Crippen molar-refractivity contribution < 1.29 is 129 Å². The van der Waals surface area contributed by atoms with Gasteiger partial charge in [0.15, 0.2) is 37.7 Å². The number of nitrogens with two attached hydrogens (primary N) is 6. The Labute approximate surface area is 443 Å². The standard InChI is InChI=1S/C45H86N6O26/c46-20-26(58)32(16(10-52)68-38(20)66)72-40-22(48)28(60)34(18(12-54)70-40)74-42-24(50)30(62)36(64)44(14-56,76-42)8-6-4-2-1-3-5-7-9-45(15-57)37(65)31(63)25(51)43(77-45)75-35-19(13-55)71-41(23(49)29(35)61)73-33-17(11-53)69-39(67)21(47)27(33)59/h16-43,52-67H,1-15,46-51H2/t16-,17-,18-,19-,20-,21-,22-,23-,24-,25-,26-,27-,28-,29-,30-,31-,32?,33?,34?,35?,36+,37+,38-,39-,40+,41+,42+,43+,44-,45-/m1/s1. The molecule has 6 aliphatic rings. The summed E-state index contributed by atoms with van der Waals surface area (Å²) < 4.78 is 57.8. The number of rotatable bonds is 24. The number of ether oxygens (including phenoxy) is 10. The SMILES string of the molecule is N[C@H]1[C@@H](OC2[C@@H](CO)O[C@@H](OC3[C@@H](CO)O[C@@H](O)[C@H](N)[C@H]3O)[C@H](N)[C@H]2O)O[C@@](CO)(CCCCCCCCC[C@]2(CO)O[C@H](OC3[C@@H](CO)O[C@@H](OC4[C@@H](CO)O[C@@H](O)[C@H](N)[C@H]4O)[C@H](N)[C@H]3O)[C@H](N)[C@@H](O)[C@@H]2O)[C@@H](O)[C@@H]1O. The van der Waals surface area contributed by atoms with Gasteiger partial charge >= 0.3 is 0 Å². The van der Waals surface area contributed by atoms with Crippen molar-refractivity contribution >= 4 is 0 Å². The van der Waals surface area contributed by atoms with E-state index >= 15 is 0 Å². The van der Waals surface area contributed by atoms with Gasteiger partial charge in [-0.15, -0.1) is 0 Å². The van der Waals surface area contributed by atoms with Crippen LogP contribution < -0.4 is 34.4 Å². The van der Waals surface area contributed by atoms with Crippen molar-refractivity contribution in [3.8, 4) is 0 Å². The van der Waals surface area contributed by atoms with Crippen molar-refractivity contribution in [1.29, 1.82) is 0 Å². The van der Waals surface area contributed by atoms with Crippen LogP contribution in [0.2, 0.25) is 0 Å². The van der Waals surface area contributed by atoms with E-state index in [1.807, 2.05) is 0 Å². The molecule has 4 unspecified atom stereocenters. The Balaban J connectivity index is 0.970. The maximum Gasteiger partial charge on any atom is 0.176 e. The van der Waals surface area contributed by atoms with Gasteiger partial charge in [0.05, 0.1) is 75.9 Å². The first-order chi connectivity index (χ1) is 36.5. The van der Waals surface area contributed by atoms with Gasteiger partial charge in [-0.1, -0.05) is 44.9 Å². The van der Waals surface area contributed by atoms with E-state index in [1.165, 1.54) is 0 Å². The third-order valence-electron chi connectivity index (χ3n) is 15.9. The third-order valence-corrected chi connectivity index (χ3v) is 15.9. The van der Waals surface area contributed by atoms with Crippen LogP contribution in [0.4, 0.5) is 0 Å². The van der Waals surface area contributed by atoms with E-state index in [1.54, 1.807) is 0 Å². The van der Waals surface area contributed by atoms with Gasteiger partial charge in [0.1, 0.15) is 109 Å². The van der Waals surface area contributed by atoms with E-state index in [0.29, 0.717) is 44.9 Å². The van der Waals surface area contributed by atoms with E-state index in [0.717, 1.165) is 0 Å². The number of aliphatic hydroxyl groups excluding tert-OH is 16. The van der Waals surface area contributed by atoms with Crippen LogP contribution in [0.15, 0.2) is 0 Å². The van der Waals surface area contributed by atoms with Gasteiger partial charge in [0.2, 0.25) is 0 Å². The first-order valence-corrected chi connectivity index (χ1v) is 26.1. The number of hydrogen-bond donors (Lipinski definition) is 22. The first kappa shape index (κ1) is 64.9. The summed E-state index contributed by atoms with van der Waals surface area (Å²) in [7, 11) is 0. The zero-order chi connectivity index (χ0) is 56.8.